The Morgan fingerprint density at radius 2 is 1.57 bits per heavy atom. The van der Waals surface area contributed by atoms with Gasteiger partial charge < -0.3 is 5.32 Å². The largest absolute Gasteiger partial charge is 0.351 e. The van der Waals surface area contributed by atoms with E-state index in [9.17, 15) is 4.79 Å². The molecule has 0 saturated carbocycles. The van der Waals surface area contributed by atoms with Gasteiger partial charge in [-0.15, -0.1) is 11.3 Å². The second-order valence-corrected chi connectivity index (χ2v) is 7.15. The van der Waals surface area contributed by atoms with Gasteiger partial charge in [-0.3, -0.25) is 4.79 Å². The first-order valence-corrected chi connectivity index (χ1v) is 9.87. The van der Waals surface area contributed by atoms with E-state index in [1.807, 2.05) is 0 Å². The van der Waals surface area contributed by atoms with Crippen LogP contribution in [-0.2, 0) is 0 Å². The number of rotatable bonds is 13. The normalized spacial score (nSPS) is 10.4. The van der Waals surface area contributed by atoms with Crippen molar-refractivity contribution in [2.45, 2.75) is 77.6 Å². The minimum atomic E-state index is -0.0522. The Hall–Kier alpha value is -1.34. The lowest BCUT2D eigenvalue weighted by atomic mass is 10.1. The minimum absolute atomic E-state index is 0.0522. The van der Waals surface area contributed by atoms with Crippen LogP contribution in [0.5, 0.6) is 0 Å². The fourth-order valence-electron chi connectivity index (χ4n) is 2.60. The molecule has 3 nitrogen and oxygen atoms in total. The summed E-state index contributed by atoms with van der Waals surface area (Å²) in [6, 6.07) is 5.47. The zero-order valence-electron chi connectivity index (χ0n) is 14.4. The summed E-state index contributed by atoms with van der Waals surface area (Å²) in [6.07, 6.45) is 14.4. The molecule has 1 heterocycles. The second kappa shape index (κ2) is 13.1. The van der Waals surface area contributed by atoms with Crippen molar-refractivity contribution in [3.63, 3.8) is 0 Å². The smallest absolute Gasteiger partial charge is 0.261 e. The number of amides is 1. The number of carbonyl (C=O) groups excluding carboxylic acids is 1. The van der Waals surface area contributed by atoms with Crippen LogP contribution in [0.15, 0.2) is 12.1 Å². The Balaban J connectivity index is 1.90. The molecule has 1 aromatic heterocycles. The van der Waals surface area contributed by atoms with E-state index in [4.69, 9.17) is 5.26 Å². The predicted octanol–water partition coefficient (Wildman–Crippen LogP) is 5.66. The van der Waals surface area contributed by atoms with Crippen LogP contribution in [0.1, 0.15) is 92.1 Å². The van der Waals surface area contributed by atoms with Gasteiger partial charge in [0.05, 0.1) is 4.88 Å². The quantitative estimate of drug-likeness (QED) is 0.473. The molecule has 128 valence electrons. The van der Waals surface area contributed by atoms with E-state index in [0.717, 1.165) is 13.0 Å². The highest BCUT2D eigenvalue weighted by atomic mass is 32.1. The summed E-state index contributed by atoms with van der Waals surface area (Å²) in [6.45, 7) is 2.99. The molecule has 23 heavy (non-hydrogen) atoms. The molecule has 0 spiro atoms. The molecule has 1 rings (SSSR count). The van der Waals surface area contributed by atoms with Crippen LogP contribution >= 0.6 is 11.3 Å². The van der Waals surface area contributed by atoms with Gasteiger partial charge in [0.1, 0.15) is 10.9 Å². The number of hydrogen-bond donors (Lipinski definition) is 1. The first-order chi connectivity index (χ1) is 11.3. The molecule has 0 aromatic carbocycles. The monoisotopic (exact) mass is 334 g/mol. The van der Waals surface area contributed by atoms with E-state index in [-0.39, 0.29) is 5.91 Å². The zero-order valence-corrected chi connectivity index (χ0v) is 15.2. The highest BCUT2D eigenvalue weighted by Crippen LogP contribution is 2.15. The van der Waals surface area contributed by atoms with Crippen molar-refractivity contribution in [3.8, 4) is 6.07 Å². The summed E-state index contributed by atoms with van der Waals surface area (Å²) in [5.74, 6) is -0.0522. The van der Waals surface area contributed by atoms with E-state index >= 15 is 0 Å². The van der Waals surface area contributed by atoms with Crippen LogP contribution in [0.3, 0.4) is 0 Å². The summed E-state index contributed by atoms with van der Waals surface area (Å²) in [7, 11) is 0. The van der Waals surface area contributed by atoms with Crippen molar-refractivity contribution in [2.24, 2.45) is 0 Å². The van der Waals surface area contributed by atoms with E-state index in [1.165, 1.54) is 75.5 Å². The van der Waals surface area contributed by atoms with Gasteiger partial charge in [0.25, 0.3) is 5.91 Å². The number of nitrogens with zero attached hydrogens (tertiary/aromatic N) is 1. The standard InChI is InChI=1S/C19H30N2OS/c1-2-3-4-5-6-7-8-9-10-11-12-15-21-19(22)18-14-13-17(16-20)23-18/h13-14H,2-12,15H2,1H3,(H,21,22). The third kappa shape index (κ3) is 9.40. The molecule has 0 radical (unpaired) electrons. The molecular formula is C19H30N2OS. The van der Waals surface area contributed by atoms with Crippen molar-refractivity contribution in [1.82, 2.24) is 5.32 Å². The maximum atomic E-state index is 11.8. The molecule has 0 aliphatic rings. The molecule has 1 aromatic rings. The lowest BCUT2D eigenvalue weighted by Gasteiger charge is -2.04. The molecule has 1 N–H and O–H groups in total. The first-order valence-electron chi connectivity index (χ1n) is 9.06. The van der Waals surface area contributed by atoms with Crippen molar-refractivity contribution in [2.75, 3.05) is 6.54 Å². The van der Waals surface area contributed by atoms with Crippen LogP contribution in [-0.4, -0.2) is 12.5 Å². The van der Waals surface area contributed by atoms with Crippen molar-refractivity contribution < 1.29 is 4.79 Å². The fraction of sp³-hybridized carbons (Fsp3) is 0.684. The number of unbranched alkanes of at least 4 members (excludes halogenated alkanes) is 10. The molecule has 4 heteroatoms. The maximum absolute atomic E-state index is 11.8. The SMILES string of the molecule is CCCCCCCCCCCCCNC(=O)c1ccc(C#N)s1. The van der Waals surface area contributed by atoms with Gasteiger partial charge in [-0.1, -0.05) is 71.1 Å². The molecule has 0 aliphatic heterocycles. The first kappa shape index (κ1) is 19.7. The van der Waals surface area contributed by atoms with Gasteiger partial charge in [-0.05, 0) is 18.6 Å². The van der Waals surface area contributed by atoms with Crippen LogP contribution in [0.4, 0.5) is 0 Å². The highest BCUT2D eigenvalue weighted by Gasteiger charge is 2.07. The predicted molar refractivity (Wildman–Crippen MR) is 97.8 cm³/mol. The van der Waals surface area contributed by atoms with Crippen molar-refractivity contribution in [1.29, 1.82) is 5.26 Å². The van der Waals surface area contributed by atoms with E-state index in [2.05, 4.69) is 18.3 Å². The Morgan fingerprint density at radius 3 is 2.09 bits per heavy atom. The molecule has 1 amide bonds. The summed E-state index contributed by atoms with van der Waals surface area (Å²) in [4.78, 5) is 13.1. The van der Waals surface area contributed by atoms with Crippen molar-refractivity contribution in [3.05, 3.63) is 21.9 Å². The maximum Gasteiger partial charge on any atom is 0.261 e. The van der Waals surface area contributed by atoms with Gasteiger partial charge in [-0.2, -0.15) is 5.26 Å². The van der Waals surface area contributed by atoms with E-state index in [0.29, 0.717) is 9.75 Å². The summed E-state index contributed by atoms with van der Waals surface area (Å²) < 4.78 is 0. The lowest BCUT2D eigenvalue weighted by molar-refractivity contribution is 0.0957. The molecule has 0 saturated heterocycles. The topological polar surface area (TPSA) is 52.9 Å². The van der Waals surface area contributed by atoms with Gasteiger partial charge in [0.15, 0.2) is 0 Å². The molecule has 0 atom stereocenters. The molecule has 0 fully saturated rings. The van der Waals surface area contributed by atoms with Crippen molar-refractivity contribution >= 4 is 17.2 Å². The summed E-state index contributed by atoms with van der Waals surface area (Å²) in [5.41, 5.74) is 0. The minimum Gasteiger partial charge on any atom is -0.351 e. The third-order valence-corrected chi connectivity index (χ3v) is 4.99. The zero-order chi connectivity index (χ0) is 16.8. The van der Waals surface area contributed by atoms with Gasteiger partial charge >= 0.3 is 0 Å². The summed E-state index contributed by atoms with van der Waals surface area (Å²) >= 11 is 1.25. The second-order valence-electron chi connectivity index (χ2n) is 6.07. The van der Waals surface area contributed by atoms with Crippen LogP contribution in [0.25, 0.3) is 0 Å². The Kier molecular flexibility index (Phi) is 11.3. The Bertz CT molecular complexity index is 476. The average molecular weight is 335 g/mol. The van der Waals surface area contributed by atoms with Gasteiger partial charge in [-0.25, -0.2) is 0 Å². The number of carbonyl (C=O) groups is 1. The molecule has 0 unspecified atom stereocenters. The molecule has 0 aliphatic carbocycles. The average Bonchev–Trinajstić information content (AvgIpc) is 3.05. The third-order valence-electron chi connectivity index (χ3n) is 4.01. The van der Waals surface area contributed by atoms with Gasteiger partial charge in [0.2, 0.25) is 0 Å². The number of nitriles is 1. The number of thiophene rings is 1. The molecular weight excluding hydrogens is 304 g/mol. The number of nitrogens with one attached hydrogen (secondary N) is 1. The van der Waals surface area contributed by atoms with Crippen LogP contribution in [0.2, 0.25) is 0 Å². The molecule has 0 bridgehead atoms. The van der Waals surface area contributed by atoms with Crippen LogP contribution < -0.4 is 5.32 Å². The summed E-state index contributed by atoms with van der Waals surface area (Å²) in [5, 5.41) is 11.7. The highest BCUT2D eigenvalue weighted by molar-refractivity contribution is 7.14. The number of hydrogen-bond acceptors (Lipinski definition) is 3. The van der Waals surface area contributed by atoms with Gasteiger partial charge in [0, 0.05) is 6.54 Å². The van der Waals surface area contributed by atoms with E-state index < -0.39 is 0 Å². The fourth-order valence-corrected chi connectivity index (χ4v) is 3.32. The van der Waals surface area contributed by atoms with E-state index in [1.54, 1.807) is 12.1 Å². The lowest BCUT2D eigenvalue weighted by Crippen LogP contribution is -2.23. The Labute approximate surface area is 145 Å². The Morgan fingerprint density at radius 1 is 1.00 bits per heavy atom. The van der Waals surface area contributed by atoms with Crippen LogP contribution in [0, 0.1) is 11.3 Å².